The summed E-state index contributed by atoms with van der Waals surface area (Å²) in [6.45, 7) is 6.63. The van der Waals surface area contributed by atoms with Crippen molar-refractivity contribution >= 4 is 10.9 Å². The lowest BCUT2D eigenvalue weighted by molar-refractivity contribution is 0.0321. The van der Waals surface area contributed by atoms with E-state index in [1.54, 1.807) is 10.8 Å². The quantitative estimate of drug-likeness (QED) is 0.629. The molecule has 4 rings (SSSR count). The first-order valence-electron chi connectivity index (χ1n) is 9.83. The lowest BCUT2D eigenvalue weighted by Crippen LogP contribution is -2.41. The fraction of sp³-hybridized carbons (Fsp3) is 0.409. The molecule has 28 heavy (non-hydrogen) atoms. The van der Waals surface area contributed by atoms with Gasteiger partial charge in [0.05, 0.1) is 31.5 Å². The molecular formula is C22H27N3O3. The van der Waals surface area contributed by atoms with Crippen molar-refractivity contribution in [3.63, 3.8) is 0 Å². The molecule has 0 aliphatic carbocycles. The minimum atomic E-state index is 0.0644. The molecule has 3 heterocycles. The Bertz CT molecular complexity index is 959. The summed E-state index contributed by atoms with van der Waals surface area (Å²) in [7, 11) is 1.85. The highest BCUT2D eigenvalue weighted by Crippen LogP contribution is 2.15. The second-order valence-corrected chi connectivity index (χ2v) is 7.34. The number of hydrogen-bond donors (Lipinski definition) is 0. The van der Waals surface area contributed by atoms with E-state index in [1.165, 1.54) is 0 Å². The Morgan fingerprint density at radius 2 is 1.89 bits per heavy atom. The van der Waals surface area contributed by atoms with Crippen molar-refractivity contribution in [3.05, 3.63) is 70.4 Å². The van der Waals surface area contributed by atoms with Crippen molar-refractivity contribution in [1.29, 1.82) is 0 Å². The zero-order valence-electron chi connectivity index (χ0n) is 16.3. The number of morpholine rings is 1. The monoisotopic (exact) mass is 381 g/mol. The predicted octanol–water partition coefficient (Wildman–Crippen LogP) is 2.47. The molecule has 0 bridgehead atoms. The Balaban J connectivity index is 1.55. The van der Waals surface area contributed by atoms with Gasteiger partial charge in [0.25, 0.3) is 5.56 Å². The van der Waals surface area contributed by atoms with Crippen LogP contribution in [-0.2, 0) is 24.9 Å². The number of hydrogen-bond acceptors (Lipinski definition) is 5. The van der Waals surface area contributed by atoms with Gasteiger partial charge >= 0.3 is 0 Å². The molecule has 1 aromatic carbocycles. The van der Waals surface area contributed by atoms with Crippen molar-refractivity contribution in [1.82, 2.24) is 14.4 Å². The number of para-hydroxylation sites is 1. The molecule has 6 nitrogen and oxygen atoms in total. The number of pyridine rings is 1. The molecule has 0 amide bonds. The van der Waals surface area contributed by atoms with Gasteiger partial charge in [-0.3, -0.25) is 14.6 Å². The lowest BCUT2D eigenvalue weighted by Gasteiger charge is -2.29. The molecule has 0 spiro atoms. The van der Waals surface area contributed by atoms with E-state index in [2.05, 4.69) is 15.9 Å². The van der Waals surface area contributed by atoms with Crippen LogP contribution < -0.4 is 5.56 Å². The summed E-state index contributed by atoms with van der Waals surface area (Å²) in [4.78, 5) is 17.6. The number of furan rings is 1. The average Bonchev–Trinajstić information content (AvgIpc) is 3.24. The highest BCUT2D eigenvalue weighted by molar-refractivity contribution is 5.79. The van der Waals surface area contributed by atoms with Gasteiger partial charge in [-0.05, 0) is 29.7 Å². The van der Waals surface area contributed by atoms with E-state index in [4.69, 9.17) is 9.15 Å². The molecule has 6 heteroatoms. The molecule has 1 fully saturated rings. The van der Waals surface area contributed by atoms with Crippen molar-refractivity contribution < 1.29 is 9.15 Å². The van der Waals surface area contributed by atoms with Crippen molar-refractivity contribution in [3.8, 4) is 0 Å². The lowest BCUT2D eigenvalue weighted by atomic mass is 10.1. The maximum absolute atomic E-state index is 12.9. The molecule has 1 saturated heterocycles. The molecule has 0 radical (unpaired) electrons. The maximum atomic E-state index is 12.9. The standard InChI is InChI=1S/C22H27N3O3/c1-23-21-7-3-2-5-18(21)15-19(22(23)26)16-25(17-20-6-4-12-28-20)9-8-24-10-13-27-14-11-24/h2-7,12,15H,8-11,13-14,16-17H2,1H3. The Hall–Kier alpha value is -2.41. The SMILES string of the molecule is Cn1c(=O)c(CN(CCN2CCOCC2)Cc2ccco2)cc2ccccc21. The molecule has 3 aromatic rings. The number of nitrogens with zero attached hydrogens (tertiary/aromatic N) is 3. The summed E-state index contributed by atoms with van der Waals surface area (Å²) >= 11 is 0. The zero-order chi connectivity index (χ0) is 19.3. The van der Waals surface area contributed by atoms with Gasteiger partial charge in [0.15, 0.2) is 0 Å². The third-order valence-electron chi connectivity index (χ3n) is 5.40. The molecule has 1 aliphatic heterocycles. The molecule has 0 N–H and O–H groups in total. The third kappa shape index (κ3) is 4.35. The van der Waals surface area contributed by atoms with Gasteiger partial charge in [-0.25, -0.2) is 0 Å². The summed E-state index contributed by atoms with van der Waals surface area (Å²) < 4.78 is 12.7. The second kappa shape index (κ2) is 8.73. The molecule has 0 atom stereocenters. The van der Waals surface area contributed by atoms with Crippen molar-refractivity contribution in [2.75, 3.05) is 39.4 Å². The Morgan fingerprint density at radius 3 is 2.68 bits per heavy atom. The number of aryl methyl sites for hydroxylation is 1. The normalized spacial score (nSPS) is 15.5. The fourth-order valence-corrected chi connectivity index (χ4v) is 3.79. The van der Waals surface area contributed by atoms with E-state index in [9.17, 15) is 4.79 Å². The average molecular weight is 381 g/mol. The van der Waals surface area contributed by atoms with Crippen LogP contribution in [0.2, 0.25) is 0 Å². The van der Waals surface area contributed by atoms with Crippen LogP contribution in [0.5, 0.6) is 0 Å². The molecule has 0 saturated carbocycles. The highest BCUT2D eigenvalue weighted by Gasteiger charge is 2.16. The summed E-state index contributed by atoms with van der Waals surface area (Å²) in [5.41, 5.74) is 1.84. The van der Waals surface area contributed by atoms with Crippen LogP contribution >= 0.6 is 0 Å². The van der Waals surface area contributed by atoms with Gasteiger partial charge in [0, 0.05) is 45.3 Å². The molecule has 0 unspecified atom stereocenters. The summed E-state index contributed by atoms with van der Waals surface area (Å²) in [5, 5.41) is 1.09. The fourth-order valence-electron chi connectivity index (χ4n) is 3.79. The van der Waals surface area contributed by atoms with Gasteiger partial charge in [-0.1, -0.05) is 18.2 Å². The van der Waals surface area contributed by atoms with E-state index in [0.29, 0.717) is 13.1 Å². The van der Waals surface area contributed by atoms with Crippen LogP contribution in [0.4, 0.5) is 0 Å². The van der Waals surface area contributed by atoms with E-state index in [1.807, 2.05) is 43.4 Å². The zero-order valence-corrected chi connectivity index (χ0v) is 16.3. The van der Waals surface area contributed by atoms with E-state index < -0.39 is 0 Å². The molecule has 148 valence electrons. The largest absolute Gasteiger partial charge is 0.468 e. The van der Waals surface area contributed by atoms with E-state index in [0.717, 1.165) is 61.6 Å². The number of aromatic nitrogens is 1. The van der Waals surface area contributed by atoms with E-state index >= 15 is 0 Å². The first-order chi connectivity index (χ1) is 13.7. The number of benzene rings is 1. The van der Waals surface area contributed by atoms with Gasteiger partial charge in [0.1, 0.15) is 5.76 Å². The Labute approximate surface area is 164 Å². The maximum Gasteiger partial charge on any atom is 0.255 e. The minimum absolute atomic E-state index is 0.0644. The summed E-state index contributed by atoms with van der Waals surface area (Å²) in [6.07, 6.45) is 1.70. The third-order valence-corrected chi connectivity index (χ3v) is 5.40. The van der Waals surface area contributed by atoms with Crippen LogP contribution in [0.1, 0.15) is 11.3 Å². The van der Waals surface area contributed by atoms with Gasteiger partial charge in [0.2, 0.25) is 0 Å². The summed E-state index contributed by atoms with van der Waals surface area (Å²) in [6, 6.07) is 13.9. The number of fused-ring (bicyclic) bond motifs is 1. The highest BCUT2D eigenvalue weighted by atomic mass is 16.5. The van der Waals surface area contributed by atoms with Crippen LogP contribution in [0.25, 0.3) is 10.9 Å². The topological polar surface area (TPSA) is 50.9 Å². The van der Waals surface area contributed by atoms with E-state index in [-0.39, 0.29) is 5.56 Å². The van der Waals surface area contributed by atoms with Gasteiger partial charge in [-0.2, -0.15) is 0 Å². The minimum Gasteiger partial charge on any atom is -0.468 e. The summed E-state index contributed by atoms with van der Waals surface area (Å²) in [5.74, 6) is 0.916. The van der Waals surface area contributed by atoms with Crippen molar-refractivity contribution in [2.45, 2.75) is 13.1 Å². The molecular weight excluding hydrogens is 354 g/mol. The number of rotatable bonds is 7. The number of ether oxygens (including phenoxy) is 1. The Morgan fingerprint density at radius 1 is 1.07 bits per heavy atom. The van der Waals surface area contributed by atoms with Crippen molar-refractivity contribution in [2.24, 2.45) is 7.05 Å². The molecule has 1 aliphatic rings. The van der Waals surface area contributed by atoms with Crippen LogP contribution in [-0.4, -0.2) is 53.8 Å². The first-order valence-corrected chi connectivity index (χ1v) is 9.83. The van der Waals surface area contributed by atoms with Gasteiger partial charge < -0.3 is 13.7 Å². The van der Waals surface area contributed by atoms with Crippen LogP contribution in [0, 0.1) is 0 Å². The van der Waals surface area contributed by atoms with Crippen LogP contribution in [0.15, 0.2) is 57.9 Å². The second-order valence-electron chi connectivity index (χ2n) is 7.34. The first kappa shape index (κ1) is 18.9. The van der Waals surface area contributed by atoms with Gasteiger partial charge in [-0.15, -0.1) is 0 Å². The molecule has 2 aromatic heterocycles. The van der Waals surface area contributed by atoms with Crippen LogP contribution in [0.3, 0.4) is 0 Å². The smallest absolute Gasteiger partial charge is 0.255 e. The Kier molecular flexibility index (Phi) is 5.90. The predicted molar refractivity (Wildman–Crippen MR) is 109 cm³/mol.